The van der Waals surface area contributed by atoms with Crippen LogP contribution >= 0.6 is 0 Å². The van der Waals surface area contributed by atoms with Crippen LogP contribution in [0.1, 0.15) is 36.0 Å². The first-order valence-electron chi connectivity index (χ1n) is 8.49. The highest BCUT2D eigenvalue weighted by Crippen LogP contribution is 2.32. The molecule has 1 aliphatic rings. The summed E-state index contributed by atoms with van der Waals surface area (Å²) in [6.07, 6.45) is 4.67. The standard InChI is InChI=1S/C20H23NO4/c1-23-16-10-8-15(9-11-16)21-20(22)14-7-12-18(24-2)19(13-14)25-17-5-3-4-6-17/h7-13,17H,3-6H2,1-2H3,(H,21,22). The maximum absolute atomic E-state index is 12.5. The lowest BCUT2D eigenvalue weighted by molar-refractivity contribution is 0.102. The van der Waals surface area contributed by atoms with Gasteiger partial charge in [0.1, 0.15) is 5.75 Å². The Kier molecular flexibility index (Phi) is 5.43. The number of benzene rings is 2. The third kappa shape index (κ3) is 4.24. The molecular weight excluding hydrogens is 318 g/mol. The van der Waals surface area contributed by atoms with E-state index in [1.165, 1.54) is 12.8 Å². The molecule has 0 aromatic heterocycles. The van der Waals surface area contributed by atoms with Crippen LogP contribution in [0.2, 0.25) is 0 Å². The first kappa shape index (κ1) is 17.1. The van der Waals surface area contributed by atoms with Crippen LogP contribution < -0.4 is 19.5 Å². The number of rotatable bonds is 6. The van der Waals surface area contributed by atoms with Gasteiger partial charge in [0.25, 0.3) is 5.91 Å². The van der Waals surface area contributed by atoms with Gasteiger partial charge in [0.2, 0.25) is 0 Å². The number of nitrogens with one attached hydrogen (secondary N) is 1. The summed E-state index contributed by atoms with van der Waals surface area (Å²) in [5.41, 5.74) is 1.24. The Morgan fingerprint density at radius 1 is 0.960 bits per heavy atom. The third-order valence-electron chi connectivity index (χ3n) is 4.37. The van der Waals surface area contributed by atoms with Crippen LogP contribution in [-0.4, -0.2) is 26.2 Å². The van der Waals surface area contributed by atoms with Crippen molar-refractivity contribution in [2.24, 2.45) is 0 Å². The lowest BCUT2D eigenvalue weighted by atomic mass is 10.1. The molecule has 5 heteroatoms. The monoisotopic (exact) mass is 341 g/mol. The van der Waals surface area contributed by atoms with Crippen LogP contribution in [-0.2, 0) is 0 Å². The van der Waals surface area contributed by atoms with Crippen LogP contribution in [0.3, 0.4) is 0 Å². The summed E-state index contributed by atoms with van der Waals surface area (Å²) < 4.78 is 16.5. The molecule has 132 valence electrons. The second-order valence-corrected chi connectivity index (χ2v) is 6.07. The highest BCUT2D eigenvalue weighted by molar-refractivity contribution is 6.04. The molecule has 3 rings (SSSR count). The van der Waals surface area contributed by atoms with E-state index in [0.717, 1.165) is 18.6 Å². The van der Waals surface area contributed by atoms with E-state index in [9.17, 15) is 4.79 Å². The van der Waals surface area contributed by atoms with Crippen molar-refractivity contribution in [3.05, 3.63) is 48.0 Å². The molecule has 0 heterocycles. The van der Waals surface area contributed by atoms with Gasteiger partial charge in [-0.25, -0.2) is 0 Å². The largest absolute Gasteiger partial charge is 0.497 e. The van der Waals surface area contributed by atoms with E-state index < -0.39 is 0 Å². The molecule has 0 bridgehead atoms. The summed E-state index contributed by atoms with van der Waals surface area (Å²) in [5, 5.41) is 2.88. The van der Waals surface area contributed by atoms with E-state index in [0.29, 0.717) is 22.7 Å². The zero-order chi connectivity index (χ0) is 17.6. The molecule has 1 N–H and O–H groups in total. The number of hydrogen-bond donors (Lipinski definition) is 1. The first-order chi connectivity index (χ1) is 12.2. The molecule has 25 heavy (non-hydrogen) atoms. The number of hydrogen-bond acceptors (Lipinski definition) is 4. The van der Waals surface area contributed by atoms with Crippen molar-refractivity contribution in [1.82, 2.24) is 0 Å². The van der Waals surface area contributed by atoms with Gasteiger partial charge in [-0.05, 0) is 68.1 Å². The molecule has 1 aliphatic carbocycles. The average Bonchev–Trinajstić information content (AvgIpc) is 3.15. The van der Waals surface area contributed by atoms with Crippen molar-refractivity contribution in [2.45, 2.75) is 31.8 Å². The van der Waals surface area contributed by atoms with Crippen LogP contribution in [0.5, 0.6) is 17.2 Å². The Hall–Kier alpha value is -2.69. The number of carbonyl (C=O) groups is 1. The lowest BCUT2D eigenvalue weighted by Gasteiger charge is -2.16. The number of amides is 1. The Labute approximate surface area is 147 Å². The lowest BCUT2D eigenvalue weighted by Crippen LogP contribution is -2.14. The molecule has 1 amide bonds. The van der Waals surface area contributed by atoms with Gasteiger partial charge in [0.15, 0.2) is 11.5 Å². The summed E-state index contributed by atoms with van der Waals surface area (Å²) in [6, 6.07) is 12.5. The van der Waals surface area contributed by atoms with Crippen molar-refractivity contribution in [3.8, 4) is 17.2 Å². The molecule has 2 aromatic carbocycles. The summed E-state index contributed by atoms with van der Waals surface area (Å²) in [6.45, 7) is 0. The molecule has 2 aromatic rings. The molecule has 0 saturated heterocycles. The number of anilines is 1. The fourth-order valence-electron chi connectivity index (χ4n) is 2.97. The minimum atomic E-state index is -0.191. The minimum absolute atomic E-state index is 0.191. The van der Waals surface area contributed by atoms with E-state index >= 15 is 0 Å². The normalized spacial score (nSPS) is 14.2. The molecule has 1 saturated carbocycles. The van der Waals surface area contributed by atoms with Gasteiger partial charge in [-0.3, -0.25) is 4.79 Å². The molecule has 0 unspecified atom stereocenters. The van der Waals surface area contributed by atoms with Gasteiger partial charge in [-0.1, -0.05) is 0 Å². The molecule has 1 fully saturated rings. The van der Waals surface area contributed by atoms with Crippen molar-refractivity contribution in [3.63, 3.8) is 0 Å². The maximum atomic E-state index is 12.5. The maximum Gasteiger partial charge on any atom is 0.255 e. The van der Waals surface area contributed by atoms with E-state index in [4.69, 9.17) is 14.2 Å². The van der Waals surface area contributed by atoms with Crippen LogP contribution in [0.25, 0.3) is 0 Å². The topological polar surface area (TPSA) is 56.8 Å². The van der Waals surface area contributed by atoms with Gasteiger partial charge in [-0.15, -0.1) is 0 Å². The van der Waals surface area contributed by atoms with Gasteiger partial charge >= 0.3 is 0 Å². The van der Waals surface area contributed by atoms with Crippen molar-refractivity contribution in [2.75, 3.05) is 19.5 Å². The van der Waals surface area contributed by atoms with Crippen molar-refractivity contribution >= 4 is 11.6 Å². The second-order valence-electron chi connectivity index (χ2n) is 6.07. The molecule has 0 radical (unpaired) electrons. The number of methoxy groups -OCH3 is 2. The Balaban J connectivity index is 1.74. The molecule has 0 aliphatic heterocycles. The van der Waals surface area contributed by atoms with Crippen LogP contribution in [0.15, 0.2) is 42.5 Å². The smallest absolute Gasteiger partial charge is 0.255 e. The highest BCUT2D eigenvalue weighted by atomic mass is 16.5. The molecule has 0 atom stereocenters. The van der Waals surface area contributed by atoms with Gasteiger partial charge in [-0.2, -0.15) is 0 Å². The summed E-state index contributed by atoms with van der Waals surface area (Å²) in [4.78, 5) is 12.5. The predicted molar refractivity (Wildman–Crippen MR) is 96.8 cm³/mol. The summed E-state index contributed by atoms with van der Waals surface area (Å²) >= 11 is 0. The van der Waals surface area contributed by atoms with Crippen LogP contribution in [0, 0.1) is 0 Å². The van der Waals surface area contributed by atoms with E-state index in [-0.39, 0.29) is 12.0 Å². The van der Waals surface area contributed by atoms with E-state index in [1.807, 2.05) is 0 Å². The third-order valence-corrected chi connectivity index (χ3v) is 4.37. The van der Waals surface area contributed by atoms with Gasteiger partial charge < -0.3 is 19.5 Å². The quantitative estimate of drug-likeness (QED) is 0.852. The predicted octanol–water partition coefficient (Wildman–Crippen LogP) is 4.28. The fraction of sp³-hybridized carbons (Fsp3) is 0.350. The molecule has 0 spiro atoms. The highest BCUT2D eigenvalue weighted by Gasteiger charge is 2.19. The second kappa shape index (κ2) is 7.92. The zero-order valence-electron chi connectivity index (χ0n) is 14.6. The summed E-state index contributed by atoms with van der Waals surface area (Å²) in [5.74, 6) is 1.82. The fourth-order valence-corrected chi connectivity index (χ4v) is 2.97. The zero-order valence-corrected chi connectivity index (χ0v) is 14.6. The van der Waals surface area contributed by atoms with E-state index in [2.05, 4.69) is 5.32 Å². The first-order valence-corrected chi connectivity index (χ1v) is 8.49. The van der Waals surface area contributed by atoms with Crippen molar-refractivity contribution in [1.29, 1.82) is 0 Å². The number of ether oxygens (including phenoxy) is 3. The van der Waals surface area contributed by atoms with Gasteiger partial charge in [0.05, 0.1) is 20.3 Å². The summed E-state index contributed by atoms with van der Waals surface area (Å²) in [7, 11) is 3.21. The average molecular weight is 341 g/mol. The minimum Gasteiger partial charge on any atom is -0.497 e. The molecule has 5 nitrogen and oxygen atoms in total. The van der Waals surface area contributed by atoms with E-state index in [1.54, 1.807) is 56.7 Å². The van der Waals surface area contributed by atoms with Crippen LogP contribution in [0.4, 0.5) is 5.69 Å². The SMILES string of the molecule is COc1ccc(NC(=O)c2ccc(OC)c(OC3CCCC3)c2)cc1. The Bertz CT molecular complexity index is 721. The van der Waals surface area contributed by atoms with Crippen molar-refractivity contribution < 1.29 is 19.0 Å². The Morgan fingerprint density at radius 2 is 1.68 bits per heavy atom. The van der Waals surface area contributed by atoms with Gasteiger partial charge in [0, 0.05) is 11.3 Å². The number of carbonyl (C=O) groups excluding carboxylic acids is 1. The Morgan fingerprint density at radius 3 is 2.32 bits per heavy atom. The molecular formula is C20H23NO4.